The van der Waals surface area contributed by atoms with Crippen molar-refractivity contribution in [3.05, 3.63) is 78.5 Å². The molecule has 1 heterocycles. The molecule has 0 radical (unpaired) electrons. The van der Waals surface area contributed by atoms with Crippen molar-refractivity contribution in [3.8, 4) is 11.5 Å². The minimum Gasteiger partial charge on any atom is -0.493 e. The highest BCUT2D eigenvalue weighted by Crippen LogP contribution is 2.26. The number of ether oxygens (including phenoxy) is 2. The number of aromatic nitrogens is 1. The summed E-state index contributed by atoms with van der Waals surface area (Å²) in [5.74, 6) is 1.52. The smallest absolute Gasteiger partial charge is 0.266 e. The van der Waals surface area contributed by atoms with Crippen molar-refractivity contribution < 1.29 is 14.3 Å². The van der Waals surface area contributed by atoms with Gasteiger partial charge in [-0.15, -0.1) is 0 Å². The Kier molecular flexibility index (Phi) is 7.87. The first kappa shape index (κ1) is 22.2. The number of anilines is 2. The molecule has 0 saturated carbocycles. The molecule has 0 atom stereocenters. The van der Waals surface area contributed by atoms with Gasteiger partial charge in [0.1, 0.15) is 5.82 Å². The Morgan fingerprint density at radius 2 is 1.58 bits per heavy atom. The number of para-hydroxylation sites is 2. The monoisotopic (exact) mass is 419 g/mol. The zero-order chi connectivity index (χ0) is 22.1. The predicted octanol–water partition coefficient (Wildman–Crippen LogP) is 4.55. The highest BCUT2D eigenvalue weighted by atomic mass is 16.5. The second-order valence-electron chi connectivity index (χ2n) is 6.95. The van der Waals surface area contributed by atoms with E-state index in [0.29, 0.717) is 23.9 Å². The number of hydrogen-bond acceptors (Lipinski definition) is 5. The van der Waals surface area contributed by atoms with Gasteiger partial charge in [0.2, 0.25) is 0 Å². The number of carbonyl (C=O) groups excluding carboxylic acids is 1. The van der Waals surface area contributed by atoms with Gasteiger partial charge in [0.05, 0.1) is 13.7 Å². The van der Waals surface area contributed by atoms with Gasteiger partial charge in [-0.05, 0) is 55.8 Å². The fraction of sp³-hybridized carbons (Fsp3) is 0.280. The van der Waals surface area contributed by atoms with Gasteiger partial charge < -0.3 is 14.4 Å². The lowest BCUT2D eigenvalue weighted by Gasteiger charge is -2.24. The second-order valence-corrected chi connectivity index (χ2v) is 6.95. The van der Waals surface area contributed by atoms with E-state index in [1.165, 1.54) is 5.69 Å². The van der Waals surface area contributed by atoms with Crippen molar-refractivity contribution in [1.82, 2.24) is 4.98 Å². The van der Waals surface area contributed by atoms with Gasteiger partial charge in [0.25, 0.3) is 5.91 Å². The molecule has 0 aliphatic rings. The first-order valence-corrected chi connectivity index (χ1v) is 10.5. The van der Waals surface area contributed by atoms with Crippen molar-refractivity contribution in [3.63, 3.8) is 0 Å². The number of amides is 1. The SMILES string of the molecule is CCN(CC)c1ccc(CN(C(=O)COc2ccccc2OC)c2ccccn2)cc1. The topological polar surface area (TPSA) is 54.9 Å². The normalized spacial score (nSPS) is 10.4. The number of carbonyl (C=O) groups is 1. The van der Waals surface area contributed by atoms with E-state index in [4.69, 9.17) is 9.47 Å². The van der Waals surface area contributed by atoms with E-state index in [-0.39, 0.29) is 12.5 Å². The number of pyridine rings is 1. The Balaban J connectivity index is 1.76. The minimum atomic E-state index is -0.183. The molecule has 0 N–H and O–H groups in total. The molecule has 31 heavy (non-hydrogen) atoms. The largest absolute Gasteiger partial charge is 0.493 e. The first-order chi connectivity index (χ1) is 15.2. The Morgan fingerprint density at radius 3 is 2.19 bits per heavy atom. The molecule has 6 nitrogen and oxygen atoms in total. The van der Waals surface area contributed by atoms with E-state index in [9.17, 15) is 4.79 Å². The number of rotatable bonds is 10. The summed E-state index contributed by atoms with van der Waals surface area (Å²) in [7, 11) is 1.58. The van der Waals surface area contributed by atoms with Crippen LogP contribution in [0.25, 0.3) is 0 Å². The van der Waals surface area contributed by atoms with Crippen LogP contribution in [0.3, 0.4) is 0 Å². The fourth-order valence-corrected chi connectivity index (χ4v) is 3.35. The molecule has 3 aromatic rings. The van der Waals surface area contributed by atoms with Crippen molar-refractivity contribution in [2.75, 3.05) is 36.6 Å². The molecular weight excluding hydrogens is 390 g/mol. The minimum absolute atomic E-state index is 0.117. The average molecular weight is 420 g/mol. The van der Waals surface area contributed by atoms with Crippen LogP contribution in [0.15, 0.2) is 72.9 Å². The van der Waals surface area contributed by atoms with Gasteiger partial charge in [-0.25, -0.2) is 4.98 Å². The third-order valence-electron chi connectivity index (χ3n) is 5.05. The summed E-state index contributed by atoms with van der Waals surface area (Å²) < 4.78 is 11.1. The van der Waals surface area contributed by atoms with Crippen molar-refractivity contribution in [2.24, 2.45) is 0 Å². The molecule has 0 bridgehead atoms. The van der Waals surface area contributed by atoms with Crippen LogP contribution in [0.4, 0.5) is 11.5 Å². The van der Waals surface area contributed by atoms with Crippen LogP contribution in [-0.4, -0.2) is 37.7 Å². The second kappa shape index (κ2) is 11.0. The highest BCUT2D eigenvalue weighted by Gasteiger charge is 2.19. The van der Waals surface area contributed by atoms with E-state index in [2.05, 4.69) is 48.0 Å². The highest BCUT2D eigenvalue weighted by molar-refractivity contribution is 5.93. The van der Waals surface area contributed by atoms with Gasteiger partial charge >= 0.3 is 0 Å². The van der Waals surface area contributed by atoms with Gasteiger partial charge in [-0.2, -0.15) is 0 Å². The molecule has 0 spiro atoms. The van der Waals surface area contributed by atoms with E-state index in [1.807, 2.05) is 30.3 Å². The Morgan fingerprint density at radius 1 is 0.903 bits per heavy atom. The summed E-state index contributed by atoms with van der Waals surface area (Å²) in [6.45, 7) is 6.47. The van der Waals surface area contributed by atoms with Crippen molar-refractivity contribution >= 4 is 17.4 Å². The molecule has 3 rings (SSSR count). The van der Waals surface area contributed by atoms with Crippen LogP contribution in [0.5, 0.6) is 11.5 Å². The summed E-state index contributed by atoms with van der Waals surface area (Å²) >= 11 is 0. The molecule has 0 fully saturated rings. The first-order valence-electron chi connectivity index (χ1n) is 10.5. The maximum Gasteiger partial charge on any atom is 0.266 e. The van der Waals surface area contributed by atoms with Crippen LogP contribution in [0.2, 0.25) is 0 Å². The van der Waals surface area contributed by atoms with Crippen LogP contribution in [0, 0.1) is 0 Å². The zero-order valence-electron chi connectivity index (χ0n) is 18.3. The summed E-state index contributed by atoms with van der Waals surface area (Å²) in [6, 6.07) is 21.1. The van der Waals surface area contributed by atoms with Crippen LogP contribution in [-0.2, 0) is 11.3 Å². The van der Waals surface area contributed by atoms with Gasteiger partial charge in [0.15, 0.2) is 18.1 Å². The van der Waals surface area contributed by atoms with Crippen LogP contribution < -0.4 is 19.3 Å². The molecule has 162 valence electrons. The Hall–Kier alpha value is -3.54. The predicted molar refractivity (Wildman–Crippen MR) is 124 cm³/mol. The fourth-order valence-electron chi connectivity index (χ4n) is 3.35. The quantitative estimate of drug-likeness (QED) is 0.483. The summed E-state index contributed by atoms with van der Waals surface area (Å²) in [6.07, 6.45) is 1.68. The third kappa shape index (κ3) is 5.75. The Bertz CT molecular complexity index is 957. The van der Waals surface area contributed by atoms with E-state index in [1.54, 1.807) is 30.3 Å². The van der Waals surface area contributed by atoms with Gasteiger partial charge in [0, 0.05) is 25.0 Å². The maximum atomic E-state index is 13.1. The number of methoxy groups -OCH3 is 1. The van der Waals surface area contributed by atoms with E-state index >= 15 is 0 Å². The van der Waals surface area contributed by atoms with Crippen LogP contribution >= 0.6 is 0 Å². The average Bonchev–Trinajstić information content (AvgIpc) is 2.83. The lowest BCUT2D eigenvalue weighted by molar-refractivity contribution is -0.120. The molecule has 1 aromatic heterocycles. The van der Waals surface area contributed by atoms with Crippen molar-refractivity contribution in [2.45, 2.75) is 20.4 Å². The van der Waals surface area contributed by atoms with Gasteiger partial charge in [-0.3, -0.25) is 9.69 Å². The molecule has 1 amide bonds. The van der Waals surface area contributed by atoms with Crippen LogP contribution in [0.1, 0.15) is 19.4 Å². The van der Waals surface area contributed by atoms with E-state index < -0.39 is 0 Å². The molecule has 2 aromatic carbocycles. The van der Waals surface area contributed by atoms with Gasteiger partial charge in [-0.1, -0.05) is 30.3 Å². The number of benzene rings is 2. The summed E-state index contributed by atoms with van der Waals surface area (Å²) in [4.78, 5) is 21.4. The molecule has 0 unspecified atom stereocenters. The molecule has 0 saturated heterocycles. The zero-order valence-corrected chi connectivity index (χ0v) is 18.3. The maximum absolute atomic E-state index is 13.1. The number of nitrogens with zero attached hydrogens (tertiary/aromatic N) is 3. The lowest BCUT2D eigenvalue weighted by Crippen LogP contribution is -2.35. The molecule has 0 aliphatic heterocycles. The summed E-state index contributed by atoms with van der Waals surface area (Å²) in [5.41, 5.74) is 2.19. The summed E-state index contributed by atoms with van der Waals surface area (Å²) in [5, 5.41) is 0. The molecule has 0 aliphatic carbocycles. The number of hydrogen-bond donors (Lipinski definition) is 0. The Labute approximate surface area is 184 Å². The van der Waals surface area contributed by atoms with E-state index in [0.717, 1.165) is 18.7 Å². The standard InChI is InChI=1S/C25H29N3O3/c1-4-27(5-2)21-15-13-20(14-16-21)18-28(24-12-8-9-17-26-24)25(29)19-31-23-11-7-6-10-22(23)30-3/h6-17H,4-5,18-19H2,1-3H3. The molecular formula is C25H29N3O3. The molecule has 6 heteroatoms. The third-order valence-corrected chi connectivity index (χ3v) is 5.05. The lowest BCUT2D eigenvalue weighted by atomic mass is 10.1. The van der Waals surface area contributed by atoms with Crippen molar-refractivity contribution in [1.29, 1.82) is 0 Å².